The van der Waals surface area contributed by atoms with Crippen LogP contribution in [0.1, 0.15) is 27.2 Å². The van der Waals surface area contributed by atoms with Crippen LogP contribution in [0.4, 0.5) is 0 Å². The van der Waals surface area contributed by atoms with Crippen molar-refractivity contribution in [3.8, 4) is 0 Å². The molecule has 0 aliphatic carbocycles. The molecule has 17 heavy (non-hydrogen) atoms. The Labute approximate surface area is 106 Å². The normalized spacial score (nSPS) is 26.8. The summed E-state index contributed by atoms with van der Waals surface area (Å²) in [5, 5.41) is 3.42. The Morgan fingerprint density at radius 3 is 2.29 bits per heavy atom. The number of nitrogens with one attached hydrogen (secondary N) is 1. The second-order valence-electron chi connectivity index (χ2n) is 6.40. The summed E-state index contributed by atoms with van der Waals surface area (Å²) in [5.41, 5.74) is 0.471. The van der Waals surface area contributed by atoms with Crippen LogP contribution in [0, 0.1) is 17.3 Å². The van der Waals surface area contributed by atoms with E-state index in [-0.39, 0.29) is 0 Å². The molecule has 1 N–H and O–H groups in total. The maximum absolute atomic E-state index is 5.52. The predicted octanol–water partition coefficient (Wildman–Crippen LogP) is 1.59. The third-order valence-electron chi connectivity index (χ3n) is 4.38. The highest BCUT2D eigenvalue weighted by atomic mass is 16.5. The molecular weight excluding hydrogens is 212 g/mol. The summed E-state index contributed by atoms with van der Waals surface area (Å²) in [6, 6.07) is 0. The molecule has 0 spiro atoms. The third-order valence-corrected chi connectivity index (χ3v) is 4.38. The summed E-state index contributed by atoms with van der Waals surface area (Å²) in [6.07, 6.45) is 1.32. The van der Waals surface area contributed by atoms with Crippen LogP contribution in [0.15, 0.2) is 0 Å². The van der Waals surface area contributed by atoms with Crippen molar-refractivity contribution >= 4 is 0 Å². The lowest BCUT2D eigenvalue weighted by atomic mass is 9.69. The van der Waals surface area contributed by atoms with E-state index in [1.54, 1.807) is 0 Å². The fourth-order valence-corrected chi connectivity index (χ4v) is 3.26. The van der Waals surface area contributed by atoms with E-state index in [0.717, 1.165) is 38.1 Å². The van der Waals surface area contributed by atoms with Crippen molar-refractivity contribution in [2.45, 2.75) is 27.2 Å². The summed E-state index contributed by atoms with van der Waals surface area (Å²) in [7, 11) is 0. The number of ether oxygens (including phenoxy) is 1. The molecule has 0 aromatic heterocycles. The molecule has 3 heteroatoms. The van der Waals surface area contributed by atoms with Crippen molar-refractivity contribution in [3.05, 3.63) is 0 Å². The maximum Gasteiger partial charge on any atom is 0.0547 e. The van der Waals surface area contributed by atoms with E-state index in [4.69, 9.17) is 4.74 Å². The number of rotatable bonds is 5. The van der Waals surface area contributed by atoms with Gasteiger partial charge in [-0.1, -0.05) is 20.8 Å². The van der Waals surface area contributed by atoms with Crippen molar-refractivity contribution < 1.29 is 4.74 Å². The molecule has 2 aliphatic heterocycles. The lowest BCUT2D eigenvalue weighted by Crippen LogP contribution is -2.53. The molecule has 100 valence electrons. The first kappa shape index (κ1) is 13.3. The molecule has 1 atom stereocenters. The molecule has 0 bridgehead atoms. The van der Waals surface area contributed by atoms with E-state index in [1.165, 1.54) is 26.1 Å². The average molecular weight is 240 g/mol. The van der Waals surface area contributed by atoms with E-state index < -0.39 is 0 Å². The van der Waals surface area contributed by atoms with Gasteiger partial charge in [0.2, 0.25) is 0 Å². The lowest BCUT2D eigenvalue weighted by Gasteiger charge is -2.48. The predicted molar refractivity (Wildman–Crippen MR) is 71.2 cm³/mol. The highest BCUT2D eigenvalue weighted by Gasteiger charge is 2.44. The van der Waals surface area contributed by atoms with Crippen LogP contribution in [-0.4, -0.2) is 50.8 Å². The third kappa shape index (κ3) is 3.21. The summed E-state index contributed by atoms with van der Waals surface area (Å²) in [6.45, 7) is 15.0. The minimum atomic E-state index is 0.471. The van der Waals surface area contributed by atoms with Gasteiger partial charge in [-0.2, -0.15) is 0 Å². The Bertz CT molecular complexity index is 232. The van der Waals surface area contributed by atoms with Gasteiger partial charge in [0.05, 0.1) is 13.2 Å². The minimum absolute atomic E-state index is 0.471. The summed E-state index contributed by atoms with van der Waals surface area (Å²) >= 11 is 0. The Hall–Kier alpha value is -0.120. The smallest absolute Gasteiger partial charge is 0.0547 e. The second kappa shape index (κ2) is 5.68. The van der Waals surface area contributed by atoms with Crippen molar-refractivity contribution in [2.75, 3.05) is 45.9 Å². The number of hydrogen-bond donors (Lipinski definition) is 1. The maximum atomic E-state index is 5.52. The van der Waals surface area contributed by atoms with Crippen LogP contribution in [-0.2, 0) is 4.74 Å². The molecule has 2 fully saturated rings. The zero-order chi connectivity index (χ0) is 12.3. The van der Waals surface area contributed by atoms with Gasteiger partial charge >= 0.3 is 0 Å². The van der Waals surface area contributed by atoms with Gasteiger partial charge in [-0.25, -0.2) is 0 Å². The van der Waals surface area contributed by atoms with E-state index in [2.05, 4.69) is 31.0 Å². The Balaban J connectivity index is 1.85. The minimum Gasteiger partial charge on any atom is -0.380 e. The molecule has 2 heterocycles. The Morgan fingerprint density at radius 1 is 1.18 bits per heavy atom. The van der Waals surface area contributed by atoms with Gasteiger partial charge in [0.15, 0.2) is 0 Å². The first-order chi connectivity index (χ1) is 8.12. The van der Waals surface area contributed by atoms with E-state index in [9.17, 15) is 0 Å². The van der Waals surface area contributed by atoms with E-state index >= 15 is 0 Å². The molecule has 0 saturated carbocycles. The van der Waals surface area contributed by atoms with E-state index in [0.29, 0.717) is 5.41 Å². The van der Waals surface area contributed by atoms with Gasteiger partial charge in [0.25, 0.3) is 0 Å². The Morgan fingerprint density at radius 2 is 1.82 bits per heavy atom. The van der Waals surface area contributed by atoms with Crippen molar-refractivity contribution in [1.82, 2.24) is 10.2 Å². The van der Waals surface area contributed by atoms with Crippen molar-refractivity contribution in [1.29, 1.82) is 0 Å². The zero-order valence-corrected chi connectivity index (χ0v) is 11.7. The average Bonchev–Trinajstić information content (AvgIpc) is 2.24. The van der Waals surface area contributed by atoms with Crippen molar-refractivity contribution in [3.63, 3.8) is 0 Å². The summed E-state index contributed by atoms with van der Waals surface area (Å²) < 4.78 is 5.52. The molecule has 0 radical (unpaired) electrons. The van der Waals surface area contributed by atoms with Crippen LogP contribution in [0.25, 0.3) is 0 Å². The molecule has 2 aliphatic rings. The summed E-state index contributed by atoms with van der Waals surface area (Å²) in [5.74, 6) is 1.54. The van der Waals surface area contributed by atoms with Crippen LogP contribution >= 0.6 is 0 Å². The van der Waals surface area contributed by atoms with Gasteiger partial charge in [-0.05, 0) is 18.3 Å². The molecule has 2 saturated heterocycles. The van der Waals surface area contributed by atoms with Crippen LogP contribution in [0.3, 0.4) is 0 Å². The van der Waals surface area contributed by atoms with E-state index in [1.807, 2.05) is 0 Å². The first-order valence-electron chi connectivity index (χ1n) is 7.13. The largest absolute Gasteiger partial charge is 0.380 e. The highest BCUT2D eigenvalue weighted by molar-refractivity contribution is 4.92. The highest BCUT2D eigenvalue weighted by Crippen LogP contribution is 2.41. The second-order valence-corrected chi connectivity index (χ2v) is 6.40. The lowest BCUT2D eigenvalue weighted by molar-refractivity contribution is -0.156. The quantitative estimate of drug-likeness (QED) is 0.790. The van der Waals surface area contributed by atoms with Gasteiger partial charge in [-0.3, -0.25) is 0 Å². The standard InChI is InChI=1S/C14H28N2O/c1-12(2)8-14(10-17-11-14)13(3)9-16-6-4-15-5-7-16/h12-13,15H,4-11H2,1-3H3. The molecule has 3 nitrogen and oxygen atoms in total. The summed E-state index contributed by atoms with van der Waals surface area (Å²) in [4.78, 5) is 2.61. The number of nitrogens with zero attached hydrogens (tertiary/aromatic N) is 1. The van der Waals surface area contributed by atoms with Gasteiger partial charge in [0.1, 0.15) is 0 Å². The molecule has 0 aromatic rings. The molecule has 0 amide bonds. The van der Waals surface area contributed by atoms with Gasteiger partial charge in [0, 0.05) is 38.1 Å². The Kier molecular flexibility index (Phi) is 4.45. The fourth-order valence-electron chi connectivity index (χ4n) is 3.26. The van der Waals surface area contributed by atoms with Crippen molar-refractivity contribution in [2.24, 2.45) is 17.3 Å². The van der Waals surface area contributed by atoms with Crippen LogP contribution < -0.4 is 5.32 Å². The molecule has 0 aromatic carbocycles. The molecular formula is C14H28N2O. The number of piperazine rings is 1. The molecule has 2 rings (SSSR count). The first-order valence-corrected chi connectivity index (χ1v) is 7.13. The van der Waals surface area contributed by atoms with Gasteiger partial charge < -0.3 is 15.0 Å². The van der Waals surface area contributed by atoms with Crippen LogP contribution in [0.5, 0.6) is 0 Å². The van der Waals surface area contributed by atoms with Gasteiger partial charge in [-0.15, -0.1) is 0 Å². The van der Waals surface area contributed by atoms with Crippen LogP contribution in [0.2, 0.25) is 0 Å². The zero-order valence-electron chi connectivity index (χ0n) is 11.7. The monoisotopic (exact) mass is 240 g/mol. The SMILES string of the molecule is CC(C)CC1(C(C)CN2CCNCC2)COC1. The fraction of sp³-hybridized carbons (Fsp3) is 1.00. The molecule has 1 unspecified atom stereocenters. The number of hydrogen-bond acceptors (Lipinski definition) is 3. The topological polar surface area (TPSA) is 24.5 Å².